The molecule has 3 heterocycles. The monoisotopic (exact) mass is 285 g/mol. The summed E-state index contributed by atoms with van der Waals surface area (Å²) >= 11 is 0. The summed E-state index contributed by atoms with van der Waals surface area (Å²) in [5, 5.41) is 0. The third-order valence-corrected chi connectivity index (χ3v) is 4.22. The second kappa shape index (κ2) is 6.26. The molecule has 0 amide bonds. The number of hydrogen-bond acceptors (Lipinski definition) is 4. The number of anilines is 1. The fourth-order valence-corrected chi connectivity index (χ4v) is 2.96. The van der Waals surface area contributed by atoms with Crippen LogP contribution in [0.15, 0.2) is 31.0 Å². The van der Waals surface area contributed by atoms with Gasteiger partial charge in [0.15, 0.2) is 0 Å². The molecule has 3 rings (SSSR count). The molecular formula is C16H23N5. The van der Waals surface area contributed by atoms with Crippen LogP contribution >= 0.6 is 0 Å². The Kier molecular flexibility index (Phi) is 4.20. The molecule has 1 aliphatic heterocycles. The van der Waals surface area contributed by atoms with Crippen molar-refractivity contribution in [3.8, 4) is 0 Å². The normalized spacial score (nSPS) is 17.0. The van der Waals surface area contributed by atoms with Gasteiger partial charge in [0.05, 0.1) is 12.0 Å². The van der Waals surface area contributed by atoms with E-state index in [9.17, 15) is 0 Å². The van der Waals surface area contributed by atoms with Crippen molar-refractivity contribution in [2.24, 2.45) is 7.05 Å². The first kappa shape index (κ1) is 14.1. The minimum absolute atomic E-state index is 0.986. The molecule has 0 saturated carbocycles. The van der Waals surface area contributed by atoms with E-state index in [-0.39, 0.29) is 0 Å². The standard InChI is InChI=1S/C16H23N5/c1-14-10-17-5-4-16(14)21-7-3-6-20(8-9-21)12-15-11-18-13-19(15)2/h4-5,10-11,13H,3,6-9,12H2,1-2H3. The van der Waals surface area contributed by atoms with Gasteiger partial charge < -0.3 is 9.47 Å². The highest BCUT2D eigenvalue weighted by molar-refractivity contribution is 5.51. The van der Waals surface area contributed by atoms with E-state index in [1.807, 2.05) is 24.9 Å². The third-order valence-electron chi connectivity index (χ3n) is 4.22. The van der Waals surface area contributed by atoms with Crippen molar-refractivity contribution >= 4 is 5.69 Å². The molecule has 5 heteroatoms. The van der Waals surface area contributed by atoms with Gasteiger partial charge in [0.2, 0.25) is 0 Å². The zero-order chi connectivity index (χ0) is 14.7. The van der Waals surface area contributed by atoms with E-state index in [2.05, 4.69) is 44.4 Å². The lowest BCUT2D eigenvalue weighted by atomic mass is 10.2. The summed E-state index contributed by atoms with van der Waals surface area (Å²) in [4.78, 5) is 13.4. The maximum absolute atomic E-state index is 4.20. The number of imidazole rings is 1. The molecule has 1 saturated heterocycles. The molecule has 0 aliphatic carbocycles. The van der Waals surface area contributed by atoms with Crippen LogP contribution in [0.25, 0.3) is 0 Å². The first-order valence-corrected chi connectivity index (χ1v) is 7.57. The Hall–Kier alpha value is -1.88. The number of rotatable bonds is 3. The maximum Gasteiger partial charge on any atom is 0.0945 e. The van der Waals surface area contributed by atoms with Crippen LogP contribution in [0.4, 0.5) is 5.69 Å². The first-order valence-electron chi connectivity index (χ1n) is 7.57. The Balaban J connectivity index is 1.64. The zero-order valence-electron chi connectivity index (χ0n) is 12.9. The van der Waals surface area contributed by atoms with Crippen molar-refractivity contribution in [3.05, 3.63) is 42.2 Å². The first-order chi connectivity index (χ1) is 10.2. The van der Waals surface area contributed by atoms with E-state index < -0.39 is 0 Å². The van der Waals surface area contributed by atoms with Crippen molar-refractivity contribution in [1.82, 2.24) is 19.4 Å². The molecule has 0 aromatic carbocycles. The minimum Gasteiger partial charge on any atom is -0.370 e. The highest BCUT2D eigenvalue weighted by Crippen LogP contribution is 2.20. The van der Waals surface area contributed by atoms with Crippen LogP contribution in [0.5, 0.6) is 0 Å². The fraction of sp³-hybridized carbons (Fsp3) is 0.500. The number of aryl methyl sites for hydroxylation is 2. The molecule has 2 aromatic heterocycles. The molecule has 0 radical (unpaired) electrons. The molecule has 1 aliphatic rings. The number of hydrogen-bond donors (Lipinski definition) is 0. The number of nitrogens with zero attached hydrogens (tertiary/aromatic N) is 5. The molecule has 0 spiro atoms. The van der Waals surface area contributed by atoms with Crippen LogP contribution in [-0.4, -0.2) is 45.6 Å². The van der Waals surface area contributed by atoms with Gasteiger partial charge in [-0.05, 0) is 25.0 Å². The molecule has 0 unspecified atom stereocenters. The molecule has 0 atom stereocenters. The molecule has 2 aromatic rings. The van der Waals surface area contributed by atoms with Gasteiger partial charge in [-0.1, -0.05) is 0 Å². The predicted octanol–water partition coefficient (Wildman–Crippen LogP) is 1.84. The molecular weight excluding hydrogens is 262 g/mol. The van der Waals surface area contributed by atoms with Crippen LogP contribution in [0.3, 0.4) is 0 Å². The zero-order valence-corrected chi connectivity index (χ0v) is 12.9. The van der Waals surface area contributed by atoms with E-state index in [0.29, 0.717) is 0 Å². The highest BCUT2D eigenvalue weighted by Gasteiger charge is 2.17. The van der Waals surface area contributed by atoms with Crippen molar-refractivity contribution in [2.75, 3.05) is 31.1 Å². The van der Waals surface area contributed by atoms with Gasteiger partial charge in [-0.3, -0.25) is 9.88 Å². The largest absolute Gasteiger partial charge is 0.370 e. The Labute approximate surface area is 126 Å². The quantitative estimate of drug-likeness (QED) is 0.862. The molecule has 0 N–H and O–H groups in total. The molecule has 21 heavy (non-hydrogen) atoms. The van der Waals surface area contributed by atoms with Gasteiger partial charge >= 0.3 is 0 Å². The van der Waals surface area contributed by atoms with E-state index in [0.717, 1.165) is 32.7 Å². The highest BCUT2D eigenvalue weighted by atomic mass is 15.2. The van der Waals surface area contributed by atoms with E-state index in [4.69, 9.17) is 0 Å². The second-order valence-electron chi connectivity index (χ2n) is 5.77. The van der Waals surface area contributed by atoms with Crippen LogP contribution in [0.2, 0.25) is 0 Å². The Morgan fingerprint density at radius 1 is 1.10 bits per heavy atom. The Morgan fingerprint density at radius 3 is 2.76 bits per heavy atom. The third kappa shape index (κ3) is 3.24. The topological polar surface area (TPSA) is 37.2 Å². The van der Waals surface area contributed by atoms with Gasteiger partial charge in [0.1, 0.15) is 0 Å². The second-order valence-corrected chi connectivity index (χ2v) is 5.77. The van der Waals surface area contributed by atoms with Gasteiger partial charge in [-0.15, -0.1) is 0 Å². The van der Waals surface area contributed by atoms with E-state index in [1.54, 1.807) is 0 Å². The van der Waals surface area contributed by atoms with Gasteiger partial charge in [-0.25, -0.2) is 4.98 Å². The lowest BCUT2D eigenvalue weighted by Gasteiger charge is -2.25. The fourth-order valence-electron chi connectivity index (χ4n) is 2.96. The smallest absolute Gasteiger partial charge is 0.0945 e. The summed E-state index contributed by atoms with van der Waals surface area (Å²) in [5.41, 5.74) is 3.87. The van der Waals surface area contributed by atoms with Gasteiger partial charge in [0, 0.05) is 64.0 Å². The van der Waals surface area contributed by atoms with E-state index in [1.165, 1.54) is 23.4 Å². The average Bonchev–Trinajstić information content (AvgIpc) is 2.74. The van der Waals surface area contributed by atoms with Crippen molar-refractivity contribution < 1.29 is 0 Å². The summed E-state index contributed by atoms with van der Waals surface area (Å²) in [6.45, 7) is 7.55. The van der Waals surface area contributed by atoms with Crippen LogP contribution < -0.4 is 4.90 Å². The summed E-state index contributed by atoms with van der Waals surface area (Å²) in [7, 11) is 2.06. The Bertz CT molecular complexity index is 592. The molecule has 1 fully saturated rings. The maximum atomic E-state index is 4.20. The minimum atomic E-state index is 0.986. The van der Waals surface area contributed by atoms with Gasteiger partial charge in [-0.2, -0.15) is 0 Å². The number of aromatic nitrogens is 3. The summed E-state index contributed by atoms with van der Waals surface area (Å²) in [6.07, 6.45) is 8.88. The van der Waals surface area contributed by atoms with Crippen LogP contribution in [0.1, 0.15) is 17.7 Å². The molecule has 5 nitrogen and oxygen atoms in total. The lowest BCUT2D eigenvalue weighted by Crippen LogP contribution is -2.31. The SMILES string of the molecule is Cc1cnccc1N1CCCN(Cc2cncn2C)CC1. The Morgan fingerprint density at radius 2 is 2.00 bits per heavy atom. The van der Waals surface area contributed by atoms with Crippen LogP contribution in [0, 0.1) is 6.92 Å². The van der Waals surface area contributed by atoms with Crippen LogP contribution in [-0.2, 0) is 13.6 Å². The van der Waals surface area contributed by atoms with Crippen molar-refractivity contribution in [2.45, 2.75) is 19.9 Å². The van der Waals surface area contributed by atoms with Crippen molar-refractivity contribution in [1.29, 1.82) is 0 Å². The molecule has 112 valence electrons. The molecule has 0 bridgehead atoms. The number of pyridine rings is 1. The average molecular weight is 285 g/mol. The summed E-state index contributed by atoms with van der Waals surface area (Å²) < 4.78 is 2.11. The van der Waals surface area contributed by atoms with E-state index >= 15 is 0 Å². The lowest BCUT2D eigenvalue weighted by molar-refractivity contribution is 0.279. The predicted molar refractivity (Wildman–Crippen MR) is 84.3 cm³/mol. The van der Waals surface area contributed by atoms with Crippen molar-refractivity contribution in [3.63, 3.8) is 0 Å². The summed E-state index contributed by atoms with van der Waals surface area (Å²) in [6, 6.07) is 2.13. The van der Waals surface area contributed by atoms with Gasteiger partial charge in [0.25, 0.3) is 0 Å². The summed E-state index contributed by atoms with van der Waals surface area (Å²) in [5.74, 6) is 0.